The molecule has 2 aliphatic carbocycles. The highest BCUT2D eigenvalue weighted by molar-refractivity contribution is 5.66. The van der Waals surface area contributed by atoms with Gasteiger partial charge < -0.3 is 9.84 Å². The minimum atomic E-state index is -0.197. The second-order valence-electron chi connectivity index (χ2n) is 9.36. The van der Waals surface area contributed by atoms with Crippen LogP contribution in [0, 0.1) is 11.3 Å². The van der Waals surface area contributed by atoms with Gasteiger partial charge in [0.05, 0.1) is 0 Å². The van der Waals surface area contributed by atoms with E-state index in [-0.39, 0.29) is 22.9 Å². The van der Waals surface area contributed by atoms with Crippen LogP contribution in [0.2, 0.25) is 0 Å². The molecule has 1 fully saturated rings. The Balaban J connectivity index is 2.08. The van der Waals surface area contributed by atoms with Crippen molar-refractivity contribution in [3.63, 3.8) is 0 Å². The number of phenols is 1. The lowest BCUT2D eigenvalue weighted by Gasteiger charge is -2.56. The van der Waals surface area contributed by atoms with Crippen LogP contribution in [0.5, 0.6) is 5.75 Å². The first kappa shape index (κ1) is 18.3. The van der Waals surface area contributed by atoms with Gasteiger partial charge in [-0.3, -0.25) is 4.79 Å². The summed E-state index contributed by atoms with van der Waals surface area (Å²) in [6.45, 7) is 12.7. The molecule has 0 spiro atoms. The van der Waals surface area contributed by atoms with Gasteiger partial charge in [0.25, 0.3) is 0 Å². The summed E-state index contributed by atoms with van der Waals surface area (Å²) in [4.78, 5) is 11.5. The van der Waals surface area contributed by atoms with E-state index in [1.807, 2.05) is 6.07 Å². The molecule has 3 nitrogen and oxygen atoms in total. The Hall–Kier alpha value is -1.51. The molecule has 3 rings (SSSR count). The summed E-state index contributed by atoms with van der Waals surface area (Å²) in [6.07, 6.45) is 3.93. The second-order valence-corrected chi connectivity index (χ2v) is 9.36. The molecule has 1 N–H and O–H groups in total. The quantitative estimate of drug-likeness (QED) is 0.760. The van der Waals surface area contributed by atoms with Crippen molar-refractivity contribution in [1.82, 2.24) is 0 Å². The number of rotatable bonds is 2. The summed E-state index contributed by atoms with van der Waals surface area (Å²) in [5.74, 6) is 1.05. The van der Waals surface area contributed by atoms with Crippen molar-refractivity contribution in [1.29, 1.82) is 0 Å². The average molecular weight is 344 g/mol. The van der Waals surface area contributed by atoms with Gasteiger partial charge in [0.1, 0.15) is 11.9 Å². The predicted octanol–water partition coefficient (Wildman–Crippen LogP) is 5.09. The maximum absolute atomic E-state index is 11.5. The molecule has 0 saturated heterocycles. The number of benzene rings is 1. The van der Waals surface area contributed by atoms with Gasteiger partial charge in [0.2, 0.25) is 0 Å². The monoisotopic (exact) mass is 344 g/mol. The first-order chi connectivity index (χ1) is 11.5. The molecular formula is C22H32O3. The molecule has 0 unspecified atom stereocenters. The van der Waals surface area contributed by atoms with Crippen LogP contribution in [-0.2, 0) is 21.4 Å². The number of carbonyl (C=O) groups excluding carboxylic acids is 1. The van der Waals surface area contributed by atoms with Crippen LogP contribution in [0.3, 0.4) is 0 Å². The Bertz CT molecular complexity index is 689. The number of carbonyl (C=O) groups is 1. The second kappa shape index (κ2) is 6.03. The molecule has 25 heavy (non-hydrogen) atoms. The minimum absolute atomic E-state index is 0.0494. The highest BCUT2D eigenvalue weighted by Crippen LogP contribution is 2.58. The number of aromatic hydroxyl groups is 1. The Morgan fingerprint density at radius 3 is 2.52 bits per heavy atom. The summed E-state index contributed by atoms with van der Waals surface area (Å²) in [5, 5.41) is 10.6. The molecule has 0 aromatic heterocycles. The van der Waals surface area contributed by atoms with E-state index in [1.165, 1.54) is 18.1 Å². The SMILES string of the molecule is CC(=O)O[C@H]1CC(C)(C)[C@@H]2CCc3cc(C(C)C)c(O)cc3[C@@]2(C)C1. The first-order valence-corrected chi connectivity index (χ1v) is 9.58. The molecule has 0 bridgehead atoms. The van der Waals surface area contributed by atoms with Gasteiger partial charge in [-0.05, 0) is 71.1 Å². The summed E-state index contributed by atoms with van der Waals surface area (Å²) in [7, 11) is 0. The van der Waals surface area contributed by atoms with Gasteiger partial charge in [-0.25, -0.2) is 0 Å². The fraction of sp³-hybridized carbons (Fsp3) is 0.682. The number of phenolic OH excluding ortho intramolecular Hbond substituents is 1. The highest BCUT2D eigenvalue weighted by atomic mass is 16.5. The van der Waals surface area contributed by atoms with Crippen molar-refractivity contribution >= 4 is 5.97 Å². The molecular weight excluding hydrogens is 312 g/mol. The molecule has 0 amide bonds. The van der Waals surface area contributed by atoms with Crippen LogP contribution in [0.1, 0.15) is 83.4 Å². The van der Waals surface area contributed by atoms with E-state index in [2.05, 4.69) is 40.7 Å². The Morgan fingerprint density at radius 1 is 1.24 bits per heavy atom. The topological polar surface area (TPSA) is 46.5 Å². The molecule has 138 valence electrons. The standard InChI is InChI=1S/C22H32O3/c1-13(2)17-9-15-7-8-20-21(4,5)11-16(25-14(3)23)12-22(20,6)18(15)10-19(17)24/h9-10,13,16,20,24H,7-8,11-12H2,1-6H3/t16-,20-,22+/m0/s1. The number of esters is 1. The fourth-order valence-electron chi connectivity index (χ4n) is 5.76. The number of fused-ring (bicyclic) bond motifs is 3. The van der Waals surface area contributed by atoms with Crippen molar-refractivity contribution in [2.24, 2.45) is 11.3 Å². The van der Waals surface area contributed by atoms with Gasteiger partial charge in [0, 0.05) is 6.92 Å². The van der Waals surface area contributed by atoms with Gasteiger partial charge in [0.15, 0.2) is 0 Å². The van der Waals surface area contributed by atoms with Crippen molar-refractivity contribution in [2.75, 3.05) is 0 Å². The zero-order valence-corrected chi connectivity index (χ0v) is 16.5. The zero-order valence-electron chi connectivity index (χ0n) is 16.5. The molecule has 1 saturated carbocycles. The molecule has 1 aromatic rings. The van der Waals surface area contributed by atoms with E-state index < -0.39 is 0 Å². The summed E-state index contributed by atoms with van der Waals surface area (Å²) >= 11 is 0. The normalized spacial score (nSPS) is 30.5. The molecule has 0 aliphatic heterocycles. The van der Waals surface area contributed by atoms with Crippen molar-refractivity contribution in [2.45, 2.75) is 84.7 Å². The van der Waals surface area contributed by atoms with Gasteiger partial charge in [-0.2, -0.15) is 0 Å². The largest absolute Gasteiger partial charge is 0.508 e. The predicted molar refractivity (Wildman–Crippen MR) is 99.9 cm³/mol. The molecule has 0 radical (unpaired) electrons. The maximum Gasteiger partial charge on any atom is 0.302 e. The summed E-state index contributed by atoms with van der Waals surface area (Å²) in [6, 6.07) is 4.21. The van der Waals surface area contributed by atoms with E-state index in [0.717, 1.165) is 31.2 Å². The van der Waals surface area contributed by atoms with Crippen LogP contribution in [0.25, 0.3) is 0 Å². The lowest BCUT2D eigenvalue weighted by molar-refractivity contribution is -0.154. The van der Waals surface area contributed by atoms with Crippen LogP contribution in [0.4, 0.5) is 0 Å². The third kappa shape index (κ3) is 3.07. The first-order valence-electron chi connectivity index (χ1n) is 9.58. The third-order valence-electron chi connectivity index (χ3n) is 6.64. The van der Waals surface area contributed by atoms with E-state index in [1.54, 1.807) is 0 Å². The van der Waals surface area contributed by atoms with E-state index in [0.29, 0.717) is 17.6 Å². The van der Waals surface area contributed by atoms with Gasteiger partial charge in [-0.15, -0.1) is 0 Å². The van der Waals surface area contributed by atoms with Crippen LogP contribution >= 0.6 is 0 Å². The minimum Gasteiger partial charge on any atom is -0.508 e. The van der Waals surface area contributed by atoms with Crippen molar-refractivity contribution < 1.29 is 14.6 Å². The average Bonchev–Trinajstić information content (AvgIpc) is 2.44. The lowest BCUT2D eigenvalue weighted by Crippen LogP contribution is -2.52. The van der Waals surface area contributed by atoms with Crippen molar-refractivity contribution in [3.05, 3.63) is 28.8 Å². The third-order valence-corrected chi connectivity index (χ3v) is 6.64. The maximum atomic E-state index is 11.5. The van der Waals surface area contributed by atoms with Gasteiger partial charge >= 0.3 is 5.97 Å². The molecule has 2 aliphatic rings. The molecule has 3 heteroatoms. The highest BCUT2D eigenvalue weighted by Gasteiger charge is 2.53. The van der Waals surface area contributed by atoms with Gasteiger partial charge in [-0.1, -0.05) is 40.7 Å². The summed E-state index contributed by atoms with van der Waals surface area (Å²) in [5.41, 5.74) is 3.70. The Labute approximate surface area is 151 Å². The van der Waals surface area contributed by atoms with E-state index in [4.69, 9.17) is 4.74 Å². The number of aryl methyl sites for hydroxylation is 1. The molecule has 1 aromatic carbocycles. The summed E-state index contributed by atoms with van der Waals surface area (Å²) < 4.78 is 5.65. The van der Waals surface area contributed by atoms with E-state index in [9.17, 15) is 9.90 Å². The lowest BCUT2D eigenvalue weighted by atomic mass is 9.49. The smallest absolute Gasteiger partial charge is 0.302 e. The Morgan fingerprint density at radius 2 is 1.92 bits per heavy atom. The number of hydrogen-bond acceptors (Lipinski definition) is 3. The van der Waals surface area contributed by atoms with Crippen LogP contribution < -0.4 is 0 Å². The zero-order chi connectivity index (χ0) is 18.6. The molecule has 0 heterocycles. The van der Waals surface area contributed by atoms with Crippen molar-refractivity contribution in [3.8, 4) is 5.75 Å². The number of hydrogen-bond donors (Lipinski definition) is 1. The fourth-order valence-corrected chi connectivity index (χ4v) is 5.76. The Kier molecular flexibility index (Phi) is 4.41. The van der Waals surface area contributed by atoms with Crippen LogP contribution in [0.15, 0.2) is 12.1 Å². The van der Waals surface area contributed by atoms with Crippen LogP contribution in [-0.4, -0.2) is 17.2 Å². The molecule has 3 atom stereocenters. The number of ether oxygens (including phenoxy) is 1. The van der Waals surface area contributed by atoms with E-state index >= 15 is 0 Å².